The molecule has 2 rings (SSSR count). The molecule has 0 unspecified atom stereocenters. The molecule has 0 atom stereocenters. The van der Waals surface area contributed by atoms with Crippen LogP contribution in [0.3, 0.4) is 0 Å². The number of alkyl halides is 3. The zero-order valence-corrected chi connectivity index (χ0v) is 9.41. The number of hydrogen-bond acceptors (Lipinski definition) is 3. The van der Waals surface area contributed by atoms with E-state index in [2.05, 4.69) is 10.2 Å². The lowest BCUT2D eigenvalue weighted by Crippen LogP contribution is -2.29. The van der Waals surface area contributed by atoms with E-state index in [4.69, 9.17) is 4.74 Å². The molecule has 1 saturated carbocycles. The van der Waals surface area contributed by atoms with Crippen molar-refractivity contribution in [3.05, 3.63) is 0 Å². The fourth-order valence-corrected chi connectivity index (χ4v) is 2.22. The molecule has 0 aromatic rings. The van der Waals surface area contributed by atoms with Gasteiger partial charge in [0.05, 0.1) is 18.9 Å². The van der Waals surface area contributed by atoms with E-state index in [9.17, 15) is 13.2 Å². The predicted octanol–water partition coefficient (Wildman–Crippen LogP) is 3.16. The zero-order valence-electron chi connectivity index (χ0n) is 9.41. The van der Waals surface area contributed by atoms with Crippen LogP contribution in [0.4, 0.5) is 13.2 Å². The second-order valence-electron chi connectivity index (χ2n) is 4.57. The maximum atomic E-state index is 12.4. The third kappa shape index (κ3) is 3.44. The Labute approximate surface area is 97.7 Å². The number of hydrogen-bond donors (Lipinski definition) is 0. The standard InChI is InChI=1S/C11H15F3N2O/c12-11(13,14)9-3-1-8(2-4-9)7-17-10-5-6-15-16-10/h6,8-9H,1-5,7H2. The topological polar surface area (TPSA) is 34.0 Å². The van der Waals surface area contributed by atoms with Crippen LogP contribution in [0.15, 0.2) is 10.2 Å². The maximum Gasteiger partial charge on any atom is 0.391 e. The van der Waals surface area contributed by atoms with Crippen molar-refractivity contribution >= 4 is 12.1 Å². The first-order valence-electron chi connectivity index (χ1n) is 5.83. The van der Waals surface area contributed by atoms with Gasteiger partial charge in [-0.05, 0) is 31.6 Å². The van der Waals surface area contributed by atoms with Gasteiger partial charge in [0.15, 0.2) is 0 Å². The molecule has 1 aliphatic carbocycles. The van der Waals surface area contributed by atoms with Crippen LogP contribution >= 0.6 is 0 Å². The van der Waals surface area contributed by atoms with E-state index in [0.717, 1.165) is 0 Å². The van der Waals surface area contributed by atoms with Crippen LogP contribution in [0.5, 0.6) is 0 Å². The van der Waals surface area contributed by atoms with Crippen molar-refractivity contribution in [3.63, 3.8) is 0 Å². The van der Waals surface area contributed by atoms with Crippen molar-refractivity contribution in [2.24, 2.45) is 22.0 Å². The molecular formula is C11H15F3N2O. The number of ether oxygens (including phenoxy) is 1. The van der Waals surface area contributed by atoms with Gasteiger partial charge in [0.2, 0.25) is 5.90 Å². The van der Waals surface area contributed by atoms with Crippen LogP contribution in [0.2, 0.25) is 0 Å². The summed E-state index contributed by atoms with van der Waals surface area (Å²) in [5, 5.41) is 7.42. The summed E-state index contributed by atoms with van der Waals surface area (Å²) in [7, 11) is 0. The molecule has 0 saturated heterocycles. The molecule has 0 aromatic carbocycles. The molecule has 6 heteroatoms. The summed E-state index contributed by atoms with van der Waals surface area (Å²) in [6, 6.07) is 0. The Morgan fingerprint density at radius 3 is 2.47 bits per heavy atom. The molecule has 1 heterocycles. The van der Waals surface area contributed by atoms with Gasteiger partial charge in [-0.3, -0.25) is 0 Å². The minimum Gasteiger partial charge on any atom is -0.479 e. The summed E-state index contributed by atoms with van der Waals surface area (Å²) in [6.45, 7) is 0.465. The van der Waals surface area contributed by atoms with Gasteiger partial charge >= 0.3 is 6.18 Å². The highest BCUT2D eigenvalue weighted by Gasteiger charge is 2.41. The van der Waals surface area contributed by atoms with E-state index in [1.807, 2.05) is 0 Å². The maximum absolute atomic E-state index is 12.4. The van der Waals surface area contributed by atoms with Crippen molar-refractivity contribution in [2.45, 2.75) is 38.3 Å². The molecule has 0 radical (unpaired) electrons. The molecule has 2 aliphatic rings. The molecule has 0 spiro atoms. The highest BCUT2D eigenvalue weighted by atomic mass is 19.4. The molecule has 3 nitrogen and oxygen atoms in total. The van der Waals surface area contributed by atoms with Gasteiger partial charge in [-0.2, -0.15) is 18.3 Å². The largest absolute Gasteiger partial charge is 0.479 e. The van der Waals surface area contributed by atoms with Crippen molar-refractivity contribution < 1.29 is 17.9 Å². The van der Waals surface area contributed by atoms with E-state index >= 15 is 0 Å². The molecule has 1 fully saturated rings. The highest BCUT2D eigenvalue weighted by Crippen LogP contribution is 2.39. The van der Waals surface area contributed by atoms with Crippen molar-refractivity contribution in [2.75, 3.05) is 6.61 Å². The molecular weight excluding hydrogens is 233 g/mol. The minimum absolute atomic E-state index is 0.219. The van der Waals surface area contributed by atoms with Gasteiger partial charge in [0, 0.05) is 6.21 Å². The van der Waals surface area contributed by atoms with Gasteiger partial charge < -0.3 is 4.74 Å². The van der Waals surface area contributed by atoms with E-state index in [0.29, 0.717) is 31.8 Å². The lowest BCUT2D eigenvalue weighted by atomic mass is 9.82. The Kier molecular flexibility index (Phi) is 3.69. The van der Waals surface area contributed by atoms with Crippen LogP contribution < -0.4 is 0 Å². The summed E-state index contributed by atoms with van der Waals surface area (Å²) in [6.07, 6.45) is -0.180. The summed E-state index contributed by atoms with van der Waals surface area (Å²) in [4.78, 5) is 0. The highest BCUT2D eigenvalue weighted by molar-refractivity contribution is 5.92. The first-order valence-corrected chi connectivity index (χ1v) is 5.83. The van der Waals surface area contributed by atoms with E-state index < -0.39 is 12.1 Å². The Balaban J connectivity index is 1.69. The number of nitrogens with zero attached hydrogens (tertiary/aromatic N) is 2. The SMILES string of the molecule is FC(F)(F)C1CCC(COC2=NN=CC2)CC1. The Hall–Kier alpha value is -1.07. The van der Waals surface area contributed by atoms with Gasteiger partial charge in [0.25, 0.3) is 0 Å². The van der Waals surface area contributed by atoms with Crippen molar-refractivity contribution in [1.29, 1.82) is 0 Å². The van der Waals surface area contributed by atoms with Gasteiger partial charge in [-0.1, -0.05) is 0 Å². The molecule has 0 aromatic heterocycles. The van der Waals surface area contributed by atoms with E-state index in [1.165, 1.54) is 0 Å². The molecule has 96 valence electrons. The van der Waals surface area contributed by atoms with Crippen LogP contribution in [-0.4, -0.2) is 24.9 Å². The quantitative estimate of drug-likeness (QED) is 0.739. The van der Waals surface area contributed by atoms with Crippen molar-refractivity contribution in [3.8, 4) is 0 Å². The normalized spacial score (nSPS) is 29.2. The number of rotatable bonds is 2. The Morgan fingerprint density at radius 1 is 1.24 bits per heavy atom. The van der Waals surface area contributed by atoms with E-state index in [1.54, 1.807) is 6.21 Å². The second-order valence-corrected chi connectivity index (χ2v) is 4.57. The third-order valence-corrected chi connectivity index (χ3v) is 3.31. The molecule has 1 aliphatic heterocycles. The smallest absolute Gasteiger partial charge is 0.391 e. The van der Waals surface area contributed by atoms with Crippen LogP contribution in [0.1, 0.15) is 32.1 Å². The summed E-state index contributed by atoms with van der Waals surface area (Å²) in [5.74, 6) is -0.328. The van der Waals surface area contributed by atoms with Crippen molar-refractivity contribution in [1.82, 2.24) is 0 Å². The van der Waals surface area contributed by atoms with Crippen LogP contribution in [0.25, 0.3) is 0 Å². The average molecular weight is 248 g/mol. The third-order valence-electron chi connectivity index (χ3n) is 3.31. The monoisotopic (exact) mass is 248 g/mol. The van der Waals surface area contributed by atoms with Gasteiger partial charge in [0.1, 0.15) is 0 Å². The first-order chi connectivity index (χ1) is 8.05. The van der Waals surface area contributed by atoms with E-state index in [-0.39, 0.29) is 18.8 Å². The number of halogens is 3. The fraction of sp³-hybridized carbons (Fsp3) is 0.818. The summed E-state index contributed by atoms with van der Waals surface area (Å²) in [5.41, 5.74) is 0. The first kappa shape index (κ1) is 12.4. The Morgan fingerprint density at radius 2 is 1.94 bits per heavy atom. The lowest BCUT2D eigenvalue weighted by molar-refractivity contribution is -0.184. The predicted molar refractivity (Wildman–Crippen MR) is 58.0 cm³/mol. The fourth-order valence-electron chi connectivity index (χ4n) is 2.22. The Bertz CT molecular complexity index is 317. The van der Waals surface area contributed by atoms with Gasteiger partial charge in [-0.15, -0.1) is 5.10 Å². The van der Waals surface area contributed by atoms with Crippen LogP contribution in [0, 0.1) is 11.8 Å². The van der Waals surface area contributed by atoms with Crippen LogP contribution in [-0.2, 0) is 4.74 Å². The summed E-state index contributed by atoms with van der Waals surface area (Å²) < 4.78 is 42.7. The van der Waals surface area contributed by atoms with Gasteiger partial charge in [-0.25, -0.2) is 0 Å². The second kappa shape index (κ2) is 5.06. The molecule has 17 heavy (non-hydrogen) atoms. The molecule has 0 bridgehead atoms. The minimum atomic E-state index is -4.03. The molecule has 0 N–H and O–H groups in total. The summed E-state index contributed by atoms with van der Waals surface area (Å²) >= 11 is 0. The lowest BCUT2D eigenvalue weighted by Gasteiger charge is -2.29. The molecule has 0 amide bonds. The average Bonchev–Trinajstić information content (AvgIpc) is 2.78. The zero-order chi connectivity index (χ0) is 12.3.